The Labute approximate surface area is 103 Å². The van der Waals surface area contributed by atoms with E-state index in [0.717, 1.165) is 25.0 Å². The molecule has 1 heterocycles. The van der Waals surface area contributed by atoms with Gasteiger partial charge in [0.05, 0.1) is 0 Å². The van der Waals surface area contributed by atoms with E-state index >= 15 is 0 Å². The number of rotatable bonds is 4. The van der Waals surface area contributed by atoms with Crippen LogP contribution in [-0.2, 0) is 9.59 Å². The van der Waals surface area contributed by atoms with Crippen molar-refractivity contribution < 1.29 is 9.59 Å². The maximum absolute atomic E-state index is 11.9. The lowest BCUT2D eigenvalue weighted by Gasteiger charge is -2.13. The number of likely N-dealkylation sites (tertiary alicyclic amines) is 1. The summed E-state index contributed by atoms with van der Waals surface area (Å²) in [6.07, 6.45) is 5.03. The van der Waals surface area contributed by atoms with Crippen molar-refractivity contribution in [1.29, 1.82) is 0 Å². The van der Waals surface area contributed by atoms with Crippen LogP contribution in [0.15, 0.2) is 11.1 Å². The smallest absolute Gasteiger partial charge is 0.219 e. The number of allylic oxidation sites excluding steroid dienone is 1. The van der Waals surface area contributed by atoms with Crippen LogP contribution in [0.3, 0.4) is 0 Å². The van der Waals surface area contributed by atoms with Crippen LogP contribution in [0.5, 0.6) is 0 Å². The summed E-state index contributed by atoms with van der Waals surface area (Å²) in [5.74, 6) is 0.805. The summed E-state index contributed by atoms with van der Waals surface area (Å²) in [4.78, 5) is 25.1. The number of Topliss-reactive ketones (excluding diaryl/α,β-unsaturated/α-hetero) is 1. The molecular weight excluding hydrogens is 214 g/mol. The van der Waals surface area contributed by atoms with Gasteiger partial charge in [-0.25, -0.2) is 0 Å². The standard InChI is InChI=1S/C14H21NO2/c1-3-4-5-6-12-13-9-15(10(2)16)8-11(13)7-14(12)17/h11H,3-9H2,1-2H3. The second-order valence-electron chi connectivity index (χ2n) is 5.18. The second kappa shape index (κ2) is 5.03. The highest BCUT2D eigenvalue weighted by atomic mass is 16.2. The number of ketones is 1. The lowest BCUT2D eigenvalue weighted by Crippen LogP contribution is -2.26. The van der Waals surface area contributed by atoms with E-state index in [1.807, 2.05) is 4.90 Å². The monoisotopic (exact) mass is 235 g/mol. The van der Waals surface area contributed by atoms with E-state index in [2.05, 4.69) is 6.92 Å². The van der Waals surface area contributed by atoms with Gasteiger partial charge in [0.2, 0.25) is 5.91 Å². The molecule has 0 saturated carbocycles. The molecule has 0 spiro atoms. The van der Waals surface area contributed by atoms with Crippen LogP contribution in [0, 0.1) is 5.92 Å². The summed E-state index contributed by atoms with van der Waals surface area (Å²) in [6.45, 7) is 5.24. The van der Waals surface area contributed by atoms with E-state index in [9.17, 15) is 9.59 Å². The molecular formula is C14H21NO2. The third kappa shape index (κ3) is 2.43. The molecule has 1 amide bonds. The summed E-state index contributed by atoms with van der Waals surface area (Å²) in [5, 5.41) is 0. The molecule has 94 valence electrons. The van der Waals surface area contributed by atoms with Crippen molar-refractivity contribution in [1.82, 2.24) is 4.90 Å². The van der Waals surface area contributed by atoms with E-state index < -0.39 is 0 Å². The average molecular weight is 235 g/mol. The maximum atomic E-state index is 11.9. The first-order valence-electron chi connectivity index (χ1n) is 6.64. The minimum Gasteiger partial charge on any atom is -0.338 e. The van der Waals surface area contributed by atoms with Gasteiger partial charge in [0.25, 0.3) is 0 Å². The summed E-state index contributed by atoms with van der Waals surface area (Å²) < 4.78 is 0. The van der Waals surface area contributed by atoms with Crippen LogP contribution in [0.1, 0.15) is 46.0 Å². The fourth-order valence-corrected chi connectivity index (χ4v) is 2.92. The van der Waals surface area contributed by atoms with Crippen molar-refractivity contribution in [3.63, 3.8) is 0 Å². The number of carbonyl (C=O) groups is 2. The topological polar surface area (TPSA) is 37.4 Å². The van der Waals surface area contributed by atoms with E-state index in [0.29, 0.717) is 24.7 Å². The zero-order valence-corrected chi connectivity index (χ0v) is 10.8. The SMILES string of the molecule is CCCCCC1=C2CN(C(C)=O)CC2CC1=O. The Kier molecular flexibility index (Phi) is 3.65. The molecule has 1 unspecified atom stereocenters. The summed E-state index contributed by atoms with van der Waals surface area (Å²) >= 11 is 0. The third-order valence-electron chi connectivity index (χ3n) is 3.93. The Hall–Kier alpha value is -1.12. The van der Waals surface area contributed by atoms with Crippen molar-refractivity contribution in [2.75, 3.05) is 13.1 Å². The van der Waals surface area contributed by atoms with Crippen LogP contribution in [0.2, 0.25) is 0 Å². The molecule has 17 heavy (non-hydrogen) atoms. The number of unbranched alkanes of at least 4 members (excludes halogenated alkanes) is 2. The van der Waals surface area contributed by atoms with Crippen LogP contribution in [-0.4, -0.2) is 29.7 Å². The molecule has 0 aromatic heterocycles. The number of fused-ring (bicyclic) bond motifs is 1. The predicted octanol–water partition coefficient (Wildman–Crippen LogP) is 2.31. The maximum Gasteiger partial charge on any atom is 0.219 e. The first kappa shape index (κ1) is 12.3. The number of amides is 1. The quantitative estimate of drug-likeness (QED) is 0.701. The van der Waals surface area contributed by atoms with Gasteiger partial charge in [-0.2, -0.15) is 0 Å². The van der Waals surface area contributed by atoms with Crippen molar-refractivity contribution in [2.45, 2.75) is 46.0 Å². The lowest BCUT2D eigenvalue weighted by atomic mass is 10.0. The van der Waals surface area contributed by atoms with Crippen LogP contribution >= 0.6 is 0 Å². The van der Waals surface area contributed by atoms with E-state index in [1.165, 1.54) is 18.4 Å². The minimum atomic E-state index is 0.132. The summed E-state index contributed by atoms with van der Waals surface area (Å²) in [6, 6.07) is 0. The molecule has 1 saturated heterocycles. The molecule has 2 rings (SSSR count). The van der Waals surface area contributed by atoms with E-state index in [4.69, 9.17) is 0 Å². The van der Waals surface area contributed by atoms with Crippen molar-refractivity contribution in [3.05, 3.63) is 11.1 Å². The molecule has 0 N–H and O–H groups in total. The van der Waals surface area contributed by atoms with Gasteiger partial charge in [0.15, 0.2) is 5.78 Å². The molecule has 3 nitrogen and oxygen atoms in total. The fourth-order valence-electron chi connectivity index (χ4n) is 2.92. The van der Waals surface area contributed by atoms with Crippen LogP contribution < -0.4 is 0 Å². The summed E-state index contributed by atoms with van der Waals surface area (Å²) in [5.41, 5.74) is 2.31. The van der Waals surface area contributed by atoms with Gasteiger partial charge in [0.1, 0.15) is 0 Å². The average Bonchev–Trinajstić information content (AvgIpc) is 2.78. The van der Waals surface area contributed by atoms with Crippen molar-refractivity contribution in [3.8, 4) is 0 Å². The number of carbonyl (C=O) groups excluding carboxylic acids is 2. The Morgan fingerprint density at radius 1 is 1.41 bits per heavy atom. The number of nitrogens with zero attached hydrogens (tertiary/aromatic N) is 1. The molecule has 0 aromatic rings. The van der Waals surface area contributed by atoms with E-state index in [-0.39, 0.29) is 5.91 Å². The molecule has 0 aromatic carbocycles. The second-order valence-corrected chi connectivity index (χ2v) is 5.18. The molecule has 0 radical (unpaired) electrons. The highest BCUT2D eigenvalue weighted by Gasteiger charge is 2.38. The Morgan fingerprint density at radius 3 is 2.82 bits per heavy atom. The lowest BCUT2D eigenvalue weighted by molar-refractivity contribution is -0.128. The van der Waals surface area contributed by atoms with Gasteiger partial charge in [-0.3, -0.25) is 9.59 Å². The van der Waals surface area contributed by atoms with Crippen molar-refractivity contribution >= 4 is 11.7 Å². The molecule has 1 atom stereocenters. The number of hydrogen-bond donors (Lipinski definition) is 0. The molecule has 1 aliphatic carbocycles. The van der Waals surface area contributed by atoms with Gasteiger partial charge >= 0.3 is 0 Å². The normalized spacial score (nSPS) is 23.5. The first-order chi connectivity index (χ1) is 8.13. The minimum absolute atomic E-state index is 0.132. The third-order valence-corrected chi connectivity index (χ3v) is 3.93. The zero-order chi connectivity index (χ0) is 12.4. The van der Waals surface area contributed by atoms with Gasteiger partial charge in [-0.15, -0.1) is 0 Å². The predicted molar refractivity (Wildman–Crippen MR) is 66.5 cm³/mol. The number of hydrogen-bond acceptors (Lipinski definition) is 2. The summed E-state index contributed by atoms with van der Waals surface area (Å²) in [7, 11) is 0. The fraction of sp³-hybridized carbons (Fsp3) is 0.714. The molecule has 3 heteroatoms. The molecule has 2 aliphatic rings. The Bertz CT molecular complexity index is 370. The molecule has 1 fully saturated rings. The van der Waals surface area contributed by atoms with Crippen LogP contribution in [0.25, 0.3) is 0 Å². The molecule has 0 bridgehead atoms. The van der Waals surface area contributed by atoms with Gasteiger partial charge in [-0.1, -0.05) is 19.8 Å². The van der Waals surface area contributed by atoms with Crippen molar-refractivity contribution in [2.24, 2.45) is 5.92 Å². The van der Waals surface area contributed by atoms with Gasteiger partial charge < -0.3 is 4.90 Å². The molecule has 1 aliphatic heterocycles. The van der Waals surface area contributed by atoms with Gasteiger partial charge in [0, 0.05) is 32.4 Å². The van der Waals surface area contributed by atoms with Crippen LogP contribution in [0.4, 0.5) is 0 Å². The zero-order valence-electron chi connectivity index (χ0n) is 10.8. The van der Waals surface area contributed by atoms with E-state index in [1.54, 1.807) is 6.92 Å². The largest absolute Gasteiger partial charge is 0.338 e. The Balaban J connectivity index is 2.06. The van der Waals surface area contributed by atoms with Gasteiger partial charge in [-0.05, 0) is 24.0 Å². The first-order valence-corrected chi connectivity index (χ1v) is 6.64. The highest BCUT2D eigenvalue weighted by molar-refractivity contribution is 5.99. The Morgan fingerprint density at radius 2 is 2.18 bits per heavy atom. The highest BCUT2D eigenvalue weighted by Crippen LogP contribution is 2.37.